The van der Waals surface area contributed by atoms with Crippen molar-refractivity contribution in [3.63, 3.8) is 0 Å². The molecule has 0 N–H and O–H groups in total. The second kappa shape index (κ2) is 5.12. The van der Waals surface area contributed by atoms with Crippen molar-refractivity contribution in [2.75, 3.05) is 0 Å². The highest BCUT2D eigenvalue weighted by Gasteiger charge is 2.28. The van der Waals surface area contributed by atoms with Gasteiger partial charge in [-0.1, -0.05) is 17.7 Å². The highest BCUT2D eigenvalue weighted by atomic mass is 35.5. The molecule has 1 aliphatic rings. The Hall–Kier alpha value is -1.09. The van der Waals surface area contributed by atoms with Crippen molar-refractivity contribution >= 4 is 24.3 Å². The zero-order valence-corrected chi connectivity index (χ0v) is 9.67. The zero-order chi connectivity index (χ0) is 11.4. The maximum absolute atomic E-state index is 10.9. The van der Waals surface area contributed by atoms with Crippen LogP contribution in [0.4, 0.5) is 0 Å². The van der Waals surface area contributed by atoms with E-state index >= 15 is 0 Å². The normalized spacial score (nSPS) is 21.8. The molecule has 4 heteroatoms. The van der Waals surface area contributed by atoms with Crippen molar-refractivity contribution in [1.29, 1.82) is 0 Å². The third kappa shape index (κ3) is 2.69. The Balaban J connectivity index is 2.94. The highest BCUT2D eigenvalue weighted by Crippen LogP contribution is 2.35. The van der Waals surface area contributed by atoms with Crippen LogP contribution in [-0.4, -0.2) is 18.8 Å². The number of halogens is 1. The van der Waals surface area contributed by atoms with Crippen LogP contribution in [0.3, 0.4) is 0 Å². The van der Waals surface area contributed by atoms with Crippen LogP contribution in [0.5, 0.6) is 0 Å². The Kier molecular flexibility index (Phi) is 4.09. The van der Waals surface area contributed by atoms with E-state index in [4.69, 9.17) is 16.3 Å². The van der Waals surface area contributed by atoms with E-state index < -0.39 is 0 Å². The number of esters is 1. The van der Waals surface area contributed by atoms with Crippen LogP contribution >= 0.6 is 11.6 Å². The smallest absolute Gasteiger partial charge is 0.303 e. The largest absolute Gasteiger partial charge is 0.456 e. The number of hydrogen-bond donors (Lipinski definition) is 0. The van der Waals surface area contributed by atoms with E-state index in [1.165, 1.54) is 6.92 Å². The van der Waals surface area contributed by atoms with Crippen molar-refractivity contribution < 1.29 is 9.53 Å². The average molecular weight is 228 g/mol. The number of hydrogen-bond acceptors (Lipinski definition) is 3. The summed E-state index contributed by atoms with van der Waals surface area (Å²) in [5.74, 6) is -0.306. The molecule has 1 unspecified atom stereocenters. The molecule has 1 atom stereocenters. The predicted molar refractivity (Wildman–Crippen MR) is 61.0 cm³/mol. The first kappa shape index (κ1) is 12.0. The average Bonchev–Trinajstić information content (AvgIpc) is 2.58. The molecule has 0 saturated heterocycles. The van der Waals surface area contributed by atoms with Crippen molar-refractivity contribution in [1.82, 2.24) is 0 Å². The number of allylic oxidation sites excluding steroid dienone is 3. The Labute approximate surface area is 94.5 Å². The Morgan fingerprint density at radius 3 is 2.87 bits per heavy atom. The SMILES string of the molecule is C=NC1=C(/C(Cl)=C\C)CCC1OC(C)=O. The lowest BCUT2D eigenvalue weighted by Gasteiger charge is -2.11. The summed E-state index contributed by atoms with van der Waals surface area (Å²) in [6.07, 6.45) is 3.02. The fourth-order valence-electron chi connectivity index (χ4n) is 1.66. The van der Waals surface area contributed by atoms with Gasteiger partial charge in [0.25, 0.3) is 0 Å². The molecule has 0 aromatic rings. The third-order valence-electron chi connectivity index (χ3n) is 2.29. The number of ether oxygens (including phenoxy) is 1. The molecule has 82 valence electrons. The molecular formula is C11H14ClNO2. The summed E-state index contributed by atoms with van der Waals surface area (Å²) >= 11 is 6.02. The molecule has 0 aliphatic heterocycles. The standard InChI is InChI=1S/C11H14ClNO2/c1-4-9(12)8-5-6-10(11(8)13-3)15-7(2)14/h4,10H,3,5-6H2,1-2H3/b9-4+. The number of carbonyl (C=O) groups is 1. The van der Waals surface area contributed by atoms with E-state index in [2.05, 4.69) is 11.7 Å². The van der Waals surface area contributed by atoms with Gasteiger partial charge in [-0.2, -0.15) is 0 Å². The number of rotatable bonds is 3. The first-order valence-corrected chi connectivity index (χ1v) is 5.17. The lowest BCUT2D eigenvalue weighted by molar-refractivity contribution is -0.144. The second-order valence-corrected chi connectivity index (χ2v) is 3.70. The molecule has 0 heterocycles. The fraction of sp³-hybridized carbons (Fsp3) is 0.455. The van der Waals surface area contributed by atoms with Crippen LogP contribution in [0.15, 0.2) is 27.4 Å². The minimum absolute atomic E-state index is 0.288. The lowest BCUT2D eigenvalue weighted by atomic mass is 10.2. The predicted octanol–water partition coefficient (Wildman–Crippen LogP) is 2.81. The van der Waals surface area contributed by atoms with E-state index in [1.54, 1.807) is 6.08 Å². The van der Waals surface area contributed by atoms with E-state index in [-0.39, 0.29) is 12.1 Å². The number of nitrogens with zero attached hydrogens (tertiary/aromatic N) is 1. The molecule has 0 fully saturated rings. The number of aliphatic imine (C=N–C) groups is 1. The first-order chi connectivity index (χ1) is 7.10. The number of carbonyl (C=O) groups excluding carboxylic acids is 1. The molecule has 1 rings (SSSR count). The van der Waals surface area contributed by atoms with Crippen LogP contribution in [-0.2, 0) is 9.53 Å². The topological polar surface area (TPSA) is 38.7 Å². The van der Waals surface area contributed by atoms with Gasteiger partial charge in [-0.05, 0) is 32.1 Å². The molecule has 0 radical (unpaired) electrons. The van der Waals surface area contributed by atoms with Gasteiger partial charge in [0.1, 0.15) is 6.10 Å². The molecule has 0 bridgehead atoms. The van der Waals surface area contributed by atoms with Crippen LogP contribution in [0, 0.1) is 0 Å². The Morgan fingerprint density at radius 2 is 2.40 bits per heavy atom. The van der Waals surface area contributed by atoms with Gasteiger partial charge in [0.05, 0.1) is 5.70 Å². The minimum Gasteiger partial charge on any atom is -0.456 e. The maximum Gasteiger partial charge on any atom is 0.303 e. The molecular weight excluding hydrogens is 214 g/mol. The zero-order valence-electron chi connectivity index (χ0n) is 8.92. The van der Waals surface area contributed by atoms with E-state index in [0.29, 0.717) is 10.7 Å². The summed E-state index contributed by atoms with van der Waals surface area (Å²) in [5.41, 5.74) is 1.62. The summed E-state index contributed by atoms with van der Waals surface area (Å²) in [5, 5.41) is 0.659. The van der Waals surface area contributed by atoms with Crippen LogP contribution in [0.2, 0.25) is 0 Å². The summed E-state index contributed by atoms with van der Waals surface area (Å²) in [4.78, 5) is 14.8. The van der Waals surface area contributed by atoms with Crippen molar-refractivity contribution in [3.05, 3.63) is 22.4 Å². The maximum atomic E-state index is 10.9. The third-order valence-corrected chi connectivity index (χ3v) is 2.74. The van der Waals surface area contributed by atoms with Crippen molar-refractivity contribution in [3.8, 4) is 0 Å². The van der Waals surface area contributed by atoms with Crippen molar-refractivity contribution in [2.24, 2.45) is 4.99 Å². The first-order valence-electron chi connectivity index (χ1n) is 4.79. The van der Waals surface area contributed by atoms with Crippen LogP contribution in [0.25, 0.3) is 0 Å². The Bertz CT molecular complexity index is 344. The van der Waals surface area contributed by atoms with E-state index in [0.717, 1.165) is 18.4 Å². The van der Waals surface area contributed by atoms with E-state index in [9.17, 15) is 4.79 Å². The van der Waals surface area contributed by atoms with Gasteiger partial charge < -0.3 is 4.74 Å². The van der Waals surface area contributed by atoms with Gasteiger partial charge in [0, 0.05) is 12.0 Å². The summed E-state index contributed by atoms with van der Waals surface area (Å²) in [7, 11) is 0. The van der Waals surface area contributed by atoms with Crippen LogP contribution in [0.1, 0.15) is 26.7 Å². The lowest BCUT2D eigenvalue weighted by Crippen LogP contribution is -2.14. The molecule has 0 amide bonds. The molecule has 0 aromatic carbocycles. The molecule has 0 spiro atoms. The minimum atomic E-state index is -0.306. The molecule has 15 heavy (non-hydrogen) atoms. The molecule has 0 saturated carbocycles. The van der Waals surface area contributed by atoms with Gasteiger partial charge in [-0.3, -0.25) is 9.79 Å². The summed E-state index contributed by atoms with van der Waals surface area (Å²) in [6.45, 7) is 6.72. The van der Waals surface area contributed by atoms with Crippen molar-refractivity contribution in [2.45, 2.75) is 32.8 Å². The molecule has 0 aromatic heterocycles. The summed E-state index contributed by atoms with van der Waals surface area (Å²) < 4.78 is 5.12. The molecule has 3 nitrogen and oxygen atoms in total. The van der Waals surface area contributed by atoms with Gasteiger partial charge >= 0.3 is 5.97 Å². The van der Waals surface area contributed by atoms with Gasteiger partial charge in [-0.25, -0.2) is 0 Å². The fourth-order valence-corrected chi connectivity index (χ4v) is 1.85. The van der Waals surface area contributed by atoms with Gasteiger partial charge in [0.15, 0.2) is 0 Å². The second-order valence-electron chi connectivity index (χ2n) is 3.30. The highest BCUT2D eigenvalue weighted by molar-refractivity contribution is 6.32. The van der Waals surface area contributed by atoms with Gasteiger partial charge in [-0.15, -0.1) is 0 Å². The van der Waals surface area contributed by atoms with E-state index in [1.807, 2.05) is 6.92 Å². The van der Waals surface area contributed by atoms with Crippen LogP contribution < -0.4 is 0 Å². The Morgan fingerprint density at radius 1 is 1.73 bits per heavy atom. The molecule has 1 aliphatic carbocycles. The quantitative estimate of drug-likeness (QED) is 0.549. The monoisotopic (exact) mass is 227 g/mol. The summed E-state index contributed by atoms with van der Waals surface area (Å²) in [6, 6.07) is 0. The van der Waals surface area contributed by atoms with Gasteiger partial charge in [0.2, 0.25) is 0 Å².